The number of nitrogens with zero attached hydrogens (tertiary/aromatic N) is 1. The largest absolute Gasteiger partial charge is 0.352 e. The molecule has 0 spiro atoms. The van der Waals surface area contributed by atoms with Crippen LogP contribution in [-0.2, 0) is 4.79 Å². The molecule has 2 amide bonds. The van der Waals surface area contributed by atoms with Gasteiger partial charge < -0.3 is 10.6 Å². The molecule has 144 valence electrons. The van der Waals surface area contributed by atoms with Crippen LogP contribution < -0.4 is 10.6 Å². The van der Waals surface area contributed by atoms with E-state index in [1.807, 2.05) is 29.3 Å². The highest BCUT2D eigenvalue weighted by molar-refractivity contribution is 7.99. The number of thiophene rings is 1. The Morgan fingerprint density at radius 1 is 1.11 bits per heavy atom. The zero-order valence-corrected chi connectivity index (χ0v) is 16.7. The minimum Gasteiger partial charge on any atom is -0.352 e. The molecule has 1 aliphatic carbocycles. The van der Waals surface area contributed by atoms with Crippen molar-refractivity contribution in [1.82, 2.24) is 20.8 Å². The van der Waals surface area contributed by atoms with Gasteiger partial charge in [-0.05, 0) is 49.3 Å². The van der Waals surface area contributed by atoms with Crippen LogP contribution in [0.3, 0.4) is 0 Å². The molecular weight excluding hydrogens is 380 g/mol. The van der Waals surface area contributed by atoms with Gasteiger partial charge in [0.05, 0.1) is 22.3 Å². The van der Waals surface area contributed by atoms with Gasteiger partial charge in [0.1, 0.15) is 0 Å². The average Bonchev–Trinajstić information content (AvgIpc) is 3.43. The van der Waals surface area contributed by atoms with E-state index >= 15 is 0 Å². The first-order chi connectivity index (χ1) is 13.2. The maximum absolute atomic E-state index is 12.7. The number of H-pyrrole nitrogens is 1. The SMILES string of the molecule is O=C(NC1CCC(C(=O)NC2CCSC2)CC1)c1cn[nH]c1-c1cccs1. The zero-order valence-electron chi connectivity index (χ0n) is 15.1. The molecule has 1 atom stereocenters. The van der Waals surface area contributed by atoms with Crippen LogP contribution in [0.15, 0.2) is 23.7 Å². The van der Waals surface area contributed by atoms with E-state index in [-0.39, 0.29) is 23.8 Å². The molecule has 3 N–H and O–H groups in total. The Morgan fingerprint density at radius 3 is 2.67 bits per heavy atom. The van der Waals surface area contributed by atoms with Crippen LogP contribution in [0.5, 0.6) is 0 Å². The van der Waals surface area contributed by atoms with Crippen molar-refractivity contribution in [3.8, 4) is 10.6 Å². The average molecular weight is 405 g/mol. The van der Waals surface area contributed by atoms with Crippen molar-refractivity contribution in [3.05, 3.63) is 29.3 Å². The summed E-state index contributed by atoms with van der Waals surface area (Å²) in [6.07, 6.45) is 6.02. The summed E-state index contributed by atoms with van der Waals surface area (Å²) in [4.78, 5) is 26.1. The summed E-state index contributed by atoms with van der Waals surface area (Å²) < 4.78 is 0. The molecular formula is C19H24N4O2S2. The summed E-state index contributed by atoms with van der Waals surface area (Å²) in [5.74, 6) is 2.36. The first kappa shape index (κ1) is 18.6. The van der Waals surface area contributed by atoms with Gasteiger partial charge >= 0.3 is 0 Å². The second-order valence-corrected chi connectivity index (χ2v) is 9.32. The van der Waals surface area contributed by atoms with Crippen LogP contribution in [0, 0.1) is 5.92 Å². The van der Waals surface area contributed by atoms with Crippen molar-refractivity contribution in [1.29, 1.82) is 0 Å². The Labute approximate surface area is 166 Å². The third kappa shape index (κ3) is 4.38. The minimum absolute atomic E-state index is 0.0827. The van der Waals surface area contributed by atoms with Crippen LogP contribution in [-0.4, -0.2) is 45.6 Å². The quantitative estimate of drug-likeness (QED) is 0.715. The number of aromatic nitrogens is 2. The van der Waals surface area contributed by atoms with Gasteiger partial charge in [0, 0.05) is 23.8 Å². The molecule has 0 bridgehead atoms. The highest BCUT2D eigenvalue weighted by Gasteiger charge is 2.29. The number of carbonyl (C=O) groups is 2. The summed E-state index contributed by atoms with van der Waals surface area (Å²) in [7, 11) is 0. The van der Waals surface area contributed by atoms with Crippen LogP contribution in [0.4, 0.5) is 0 Å². The predicted octanol–water partition coefficient (Wildman–Crippen LogP) is 3.05. The van der Waals surface area contributed by atoms with Crippen LogP contribution in [0.25, 0.3) is 10.6 Å². The summed E-state index contributed by atoms with van der Waals surface area (Å²) >= 11 is 3.49. The van der Waals surface area contributed by atoms with Crippen molar-refractivity contribution in [2.45, 2.75) is 44.2 Å². The maximum atomic E-state index is 12.7. The Balaban J connectivity index is 1.29. The minimum atomic E-state index is -0.0944. The van der Waals surface area contributed by atoms with Crippen LogP contribution in [0.1, 0.15) is 42.5 Å². The molecule has 2 aliphatic rings. The molecule has 1 unspecified atom stereocenters. The third-order valence-corrected chi connectivity index (χ3v) is 7.41. The summed E-state index contributed by atoms with van der Waals surface area (Å²) in [5, 5.41) is 15.3. The van der Waals surface area contributed by atoms with E-state index in [1.165, 1.54) is 0 Å². The van der Waals surface area contributed by atoms with Gasteiger partial charge in [-0.25, -0.2) is 0 Å². The van der Waals surface area contributed by atoms with Crippen molar-refractivity contribution in [3.63, 3.8) is 0 Å². The molecule has 2 aromatic rings. The molecule has 4 rings (SSSR count). The number of nitrogens with one attached hydrogen (secondary N) is 3. The smallest absolute Gasteiger partial charge is 0.255 e. The Kier molecular flexibility index (Phi) is 5.83. The lowest BCUT2D eigenvalue weighted by Gasteiger charge is -2.29. The first-order valence-electron chi connectivity index (χ1n) is 9.47. The van der Waals surface area contributed by atoms with E-state index in [2.05, 4.69) is 20.8 Å². The van der Waals surface area contributed by atoms with E-state index in [1.54, 1.807) is 17.5 Å². The zero-order chi connectivity index (χ0) is 18.6. The van der Waals surface area contributed by atoms with E-state index in [0.29, 0.717) is 11.6 Å². The number of thioether (sulfide) groups is 1. The van der Waals surface area contributed by atoms with Crippen molar-refractivity contribution in [2.24, 2.45) is 5.92 Å². The number of carbonyl (C=O) groups excluding carboxylic acids is 2. The molecule has 1 aliphatic heterocycles. The summed E-state index contributed by atoms with van der Waals surface area (Å²) in [6.45, 7) is 0. The Bertz CT molecular complexity index is 775. The fraction of sp³-hybridized carbons (Fsp3) is 0.526. The predicted molar refractivity (Wildman–Crippen MR) is 109 cm³/mol. The molecule has 0 radical (unpaired) electrons. The van der Waals surface area contributed by atoms with Gasteiger partial charge in [-0.15, -0.1) is 11.3 Å². The standard InChI is InChI=1S/C19H24N4O2S2/c24-18(22-14-7-9-26-11-14)12-3-5-13(6-4-12)21-19(25)15-10-20-23-17(15)16-2-1-8-27-16/h1-2,8,10,12-14H,3-7,9,11H2,(H,20,23)(H,21,25)(H,22,24). The van der Waals surface area contributed by atoms with Gasteiger partial charge in [0.25, 0.3) is 5.91 Å². The first-order valence-corrected chi connectivity index (χ1v) is 11.5. The van der Waals surface area contributed by atoms with Crippen LogP contribution >= 0.6 is 23.1 Å². The summed E-state index contributed by atoms with van der Waals surface area (Å²) in [5.41, 5.74) is 1.35. The van der Waals surface area contributed by atoms with Gasteiger partial charge in [-0.2, -0.15) is 16.9 Å². The van der Waals surface area contributed by atoms with Gasteiger partial charge in [-0.1, -0.05) is 6.07 Å². The lowest BCUT2D eigenvalue weighted by Crippen LogP contribution is -2.43. The maximum Gasteiger partial charge on any atom is 0.255 e. The molecule has 0 aromatic carbocycles. The molecule has 2 fully saturated rings. The van der Waals surface area contributed by atoms with Gasteiger partial charge in [0.2, 0.25) is 5.91 Å². The van der Waals surface area contributed by atoms with Crippen molar-refractivity contribution < 1.29 is 9.59 Å². The molecule has 6 nitrogen and oxygen atoms in total. The Hall–Kier alpha value is -1.80. The highest BCUT2D eigenvalue weighted by Crippen LogP contribution is 2.28. The topological polar surface area (TPSA) is 86.9 Å². The van der Waals surface area contributed by atoms with E-state index in [9.17, 15) is 9.59 Å². The molecule has 1 saturated heterocycles. The second kappa shape index (κ2) is 8.48. The van der Waals surface area contributed by atoms with E-state index in [4.69, 9.17) is 0 Å². The number of rotatable bonds is 5. The van der Waals surface area contributed by atoms with Crippen LogP contribution in [0.2, 0.25) is 0 Å². The molecule has 2 aromatic heterocycles. The molecule has 3 heterocycles. The highest BCUT2D eigenvalue weighted by atomic mass is 32.2. The normalized spacial score (nSPS) is 25.3. The molecule has 1 saturated carbocycles. The van der Waals surface area contributed by atoms with Crippen molar-refractivity contribution >= 4 is 34.9 Å². The van der Waals surface area contributed by atoms with E-state index in [0.717, 1.165) is 54.2 Å². The van der Waals surface area contributed by atoms with E-state index < -0.39 is 0 Å². The number of hydrogen-bond donors (Lipinski definition) is 3. The third-order valence-electron chi connectivity index (χ3n) is 5.36. The van der Waals surface area contributed by atoms with Gasteiger partial charge in [-0.3, -0.25) is 14.7 Å². The molecule has 8 heteroatoms. The number of amides is 2. The monoisotopic (exact) mass is 404 g/mol. The lowest BCUT2D eigenvalue weighted by molar-refractivity contribution is -0.126. The number of aromatic amines is 1. The van der Waals surface area contributed by atoms with Gasteiger partial charge in [0.15, 0.2) is 0 Å². The van der Waals surface area contributed by atoms with Crippen molar-refractivity contribution in [2.75, 3.05) is 11.5 Å². The second-order valence-electron chi connectivity index (χ2n) is 7.23. The lowest BCUT2D eigenvalue weighted by atomic mass is 9.85. The molecule has 27 heavy (non-hydrogen) atoms. The number of hydrogen-bond acceptors (Lipinski definition) is 5. The Morgan fingerprint density at radius 2 is 1.96 bits per heavy atom. The summed E-state index contributed by atoms with van der Waals surface area (Å²) in [6, 6.07) is 4.40. The fourth-order valence-corrected chi connectivity index (χ4v) is 5.68. The fourth-order valence-electron chi connectivity index (χ4n) is 3.80.